The summed E-state index contributed by atoms with van der Waals surface area (Å²) in [6.45, 7) is 4.82. The number of ether oxygens (including phenoxy) is 2. The van der Waals surface area contributed by atoms with Gasteiger partial charge in [0.05, 0.1) is 25.0 Å². The summed E-state index contributed by atoms with van der Waals surface area (Å²) in [7, 11) is 0. The van der Waals surface area contributed by atoms with Crippen LogP contribution in [0, 0.1) is 5.92 Å². The Morgan fingerprint density at radius 1 is 1.00 bits per heavy atom. The molecule has 0 spiro atoms. The van der Waals surface area contributed by atoms with Gasteiger partial charge in [-0.2, -0.15) is 0 Å². The number of hydrogen-bond donors (Lipinski definition) is 0. The number of esters is 2. The summed E-state index contributed by atoms with van der Waals surface area (Å²) in [5.41, 5.74) is 0. The highest BCUT2D eigenvalue weighted by molar-refractivity contribution is 6.35. The number of halogens is 1. The van der Waals surface area contributed by atoms with Crippen molar-refractivity contribution in [1.82, 2.24) is 0 Å². The van der Waals surface area contributed by atoms with Gasteiger partial charge in [0.1, 0.15) is 0 Å². The molecule has 0 aromatic heterocycles. The van der Waals surface area contributed by atoms with Gasteiger partial charge in [-0.15, -0.1) is 11.6 Å². The van der Waals surface area contributed by atoms with Gasteiger partial charge >= 0.3 is 11.9 Å². The first-order valence-electron chi connectivity index (χ1n) is 6.37. The number of rotatable bonds is 9. The van der Waals surface area contributed by atoms with Crippen LogP contribution >= 0.6 is 11.6 Å². The highest BCUT2D eigenvalue weighted by Gasteiger charge is 2.36. The van der Waals surface area contributed by atoms with Gasteiger partial charge in [0, 0.05) is 6.42 Å². The molecular formula is C13H19ClO6. The number of carbonyl (C=O) groups excluding carboxylic acids is 4. The van der Waals surface area contributed by atoms with Crippen LogP contribution in [0.1, 0.15) is 33.6 Å². The molecule has 0 aromatic rings. The standard InChI is InChI=1S/C13H19ClO6/c1-4-19-10(16)7-6-9(15)11(12(17)8(3)14)13(18)20-5-2/h8,11H,4-7H2,1-3H3. The van der Waals surface area contributed by atoms with E-state index in [1.807, 2.05) is 0 Å². The smallest absolute Gasteiger partial charge is 0.324 e. The Labute approximate surface area is 122 Å². The van der Waals surface area contributed by atoms with Crippen LogP contribution in [0.25, 0.3) is 0 Å². The van der Waals surface area contributed by atoms with Crippen molar-refractivity contribution in [2.45, 2.75) is 39.0 Å². The minimum absolute atomic E-state index is 0.0461. The first-order chi connectivity index (χ1) is 9.34. The van der Waals surface area contributed by atoms with E-state index in [4.69, 9.17) is 16.3 Å². The van der Waals surface area contributed by atoms with Crippen LogP contribution in [0.5, 0.6) is 0 Å². The second-order valence-electron chi connectivity index (χ2n) is 3.97. The largest absolute Gasteiger partial charge is 0.466 e. The first kappa shape index (κ1) is 18.6. The lowest BCUT2D eigenvalue weighted by molar-refractivity contribution is -0.156. The number of alkyl halides is 1. The summed E-state index contributed by atoms with van der Waals surface area (Å²) in [4.78, 5) is 46.6. The zero-order chi connectivity index (χ0) is 15.7. The lowest BCUT2D eigenvalue weighted by Gasteiger charge is -2.14. The molecule has 0 aliphatic rings. The summed E-state index contributed by atoms with van der Waals surface area (Å²) < 4.78 is 9.36. The predicted octanol–water partition coefficient (Wildman–Crippen LogP) is 1.27. The monoisotopic (exact) mass is 306 g/mol. The Bertz CT molecular complexity index is 377. The molecule has 0 N–H and O–H groups in total. The van der Waals surface area contributed by atoms with Crippen molar-refractivity contribution in [1.29, 1.82) is 0 Å². The second-order valence-corrected chi connectivity index (χ2v) is 4.63. The maximum Gasteiger partial charge on any atom is 0.324 e. The van der Waals surface area contributed by atoms with Gasteiger partial charge in [0.2, 0.25) is 0 Å². The van der Waals surface area contributed by atoms with Gasteiger partial charge in [-0.1, -0.05) is 0 Å². The third-order valence-corrected chi connectivity index (χ3v) is 2.62. The van der Waals surface area contributed by atoms with Gasteiger partial charge in [-0.25, -0.2) is 0 Å². The van der Waals surface area contributed by atoms with E-state index in [9.17, 15) is 19.2 Å². The van der Waals surface area contributed by atoms with E-state index in [2.05, 4.69) is 4.74 Å². The predicted molar refractivity (Wildman–Crippen MR) is 71.3 cm³/mol. The molecule has 0 aliphatic carbocycles. The zero-order valence-electron chi connectivity index (χ0n) is 11.8. The van der Waals surface area contributed by atoms with Crippen molar-refractivity contribution in [3.8, 4) is 0 Å². The maximum atomic E-state index is 11.9. The van der Waals surface area contributed by atoms with Gasteiger partial charge in [0.25, 0.3) is 0 Å². The van der Waals surface area contributed by atoms with Crippen LogP contribution in [-0.2, 0) is 28.7 Å². The molecule has 6 nitrogen and oxygen atoms in total. The first-order valence-corrected chi connectivity index (χ1v) is 6.81. The quantitative estimate of drug-likeness (QED) is 0.362. The molecule has 0 heterocycles. The Hall–Kier alpha value is -1.43. The average molecular weight is 307 g/mol. The second kappa shape index (κ2) is 9.47. The van der Waals surface area contributed by atoms with E-state index < -0.39 is 34.8 Å². The van der Waals surface area contributed by atoms with Crippen molar-refractivity contribution in [3.05, 3.63) is 0 Å². The number of ketones is 2. The van der Waals surface area contributed by atoms with Gasteiger partial charge in [-0.05, 0) is 20.8 Å². The molecule has 0 rings (SSSR count). The average Bonchev–Trinajstić information content (AvgIpc) is 2.37. The van der Waals surface area contributed by atoms with E-state index in [-0.39, 0.29) is 26.1 Å². The van der Waals surface area contributed by atoms with E-state index in [0.717, 1.165) is 0 Å². The zero-order valence-corrected chi connectivity index (χ0v) is 12.6. The molecule has 114 valence electrons. The van der Waals surface area contributed by atoms with Crippen LogP contribution in [0.15, 0.2) is 0 Å². The molecule has 0 aromatic carbocycles. The number of Topliss-reactive ketones (excluding diaryl/α,β-unsaturated/α-hetero) is 2. The molecule has 0 radical (unpaired) electrons. The Kier molecular flexibility index (Phi) is 8.79. The Balaban J connectivity index is 4.77. The topological polar surface area (TPSA) is 86.7 Å². The lowest BCUT2D eigenvalue weighted by Crippen LogP contribution is -2.37. The van der Waals surface area contributed by atoms with Gasteiger partial charge < -0.3 is 9.47 Å². The van der Waals surface area contributed by atoms with E-state index >= 15 is 0 Å². The van der Waals surface area contributed by atoms with Crippen molar-refractivity contribution in [2.75, 3.05) is 13.2 Å². The number of hydrogen-bond acceptors (Lipinski definition) is 6. The fourth-order valence-electron chi connectivity index (χ4n) is 1.46. The molecule has 7 heteroatoms. The highest BCUT2D eigenvalue weighted by Crippen LogP contribution is 2.14. The molecule has 0 saturated carbocycles. The minimum atomic E-state index is -1.57. The van der Waals surface area contributed by atoms with E-state index in [1.165, 1.54) is 6.92 Å². The van der Waals surface area contributed by atoms with Crippen LogP contribution < -0.4 is 0 Å². The van der Waals surface area contributed by atoms with Crippen molar-refractivity contribution >= 4 is 35.1 Å². The molecular weight excluding hydrogens is 288 g/mol. The lowest BCUT2D eigenvalue weighted by atomic mass is 9.94. The van der Waals surface area contributed by atoms with Gasteiger partial charge in [0.15, 0.2) is 17.5 Å². The van der Waals surface area contributed by atoms with E-state index in [1.54, 1.807) is 13.8 Å². The maximum absolute atomic E-state index is 11.9. The Morgan fingerprint density at radius 3 is 2.00 bits per heavy atom. The summed E-state index contributed by atoms with van der Waals surface area (Å²) >= 11 is 5.62. The molecule has 0 fully saturated rings. The van der Waals surface area contributed by atoms with Crippen LogP contribution in [0.4, 0.5) is 0 Å². The van der Waals surface area contributed by atoms with Crippen molar-refractivity contribution < 1.29 is 28.7 Å². The third kappa shape index (κ3) is 6.14. The minimum Gasteiger partial charge on any atom is -0.466 e. The SMILES string of the molecule is CCOC(=O)CCC(=O)C(C(=O)OCC)C(=O)C(C)Cl. The summed E-state index contributed by atoms with van der Waals surface area (Å²) in [5.74, 6) is -4.47. The van der Waals surface area contributed by atoms with Crippen molar-refractivity contribution in [2.24, 2.45) is 5.92 Å². The summed E-state index contributed by atoms with van der Waals surface area (Å²) in [6, 6.07) is 0. The fourth-order valence-corrected chi connectivity index (χ4v) is 1.59. The summed E-state index contributed by atoms with van der Waals surface area (Å²) in [6.07, 6.45) is -0.454. The van der Waals surface area contributed by atoms with Gasteiger partial charge in [-0.3, -0.25) is 19.2 Å². The molecule has 2 unspecified atom stereocenters. The van der Waals surface area contributed by atoms with Crippen LogP contribution in [-0.4, -0.2) is 42.1 Å². The normalized spacial score (nSPS) is 13.2. The van der Waals surface area contributed by atoms with Crippen LogP contribution in [0.2, 0.25) is 0 Å². The molecule has 0 aliphatic heterocycles. The molecule has 2 atom stereocenters. The molecule has 0 saturated heterocycles. The molecule has 0 amide bonds. The Morgan fingerprint density at radius 2 is 1.55 bits per heavy atom. The molecule has 20 heavy (non-hydrogen) atoms. The van der Waals surface area contributed by atoms with Crippen molar-refractivity contribution in [3.63, 3.8) is 0 Å². The number of carbonyl (C=O) groups is 4. The molecule has 0 bridgehead atoms. The fraction of sp³-hybridized carbons (Fsp3) is 0.692. The van der Waals surface area contributed by atoms with Crippen LogP contribution in [0.3, 0.4) is 0 Å². The highest BCUT2D eigenvalue weighted by atomic mass is 35.5. The van der Waals surface area contributed by atoms with E-state index in [0.29, 0.717) is 0 Å². The third-order valence-electron chi connectivity index (χ3n) is 2.40. The summed E-state index contributed by atoms with van der Waals surface area (Å²) in [5, 5.41) is -0.990.